The molecular weight excluding hydrogens is 280 g/mol. The van der Waals surface area contributed by atoms with Crippen molar-refractivity contribution in [2.75, 3.05) is 0 Å². The van der Waals surface area contributed by atoms with Gasteiger partial charge in [-0.3, -0.25) is 0 Å². The van der Waals surface area contributed by atoms with Crippen LogP contribution in [0.3, 0.4) is 0 Å². The van der Waals surface area contributed by atoms with Crippen LogP contribution in [0.25, 0.3) is 0 Å². The Morgan fingerprint density at radius 2 is 2.14 bits per heavy atom. The van der Waals surface area contributed by atoms with Crippen molar-refractivity contribution >= 4 is 0 Å². The summed E-state index contributed by atoms with van der Waals surface area (Å²) in [6.45, 7) is 2.01. The zero-order chi connectivity index (χ0) is 15.4. The molecule has 1 saturated carbocycles. The van der Waals surface area contributed by atoms with Crippen LogP contribution in [0.15, 0.2) is 28.8 Å². The van der Waals surface area contributed by atoms with Gasteiger partial charge in [0.15, 0.2) is 6.61 Å². The Morgan fingerprint density at radius 3 is 2.91 bits per heavy atom. The molecule has 1 aromatic heterocycles. The van der Waals surface area contributed by atoms with Crippen molar-refractivity contribution in [3.63, 3.8) is 0 Å². The number of ether oxygens (including phenoxy) is 1. The van der Waals surface area contributed by atoms with E-state index in [1.54, 1.807) is 6.92 Å². The Bertz CT molecular complexity index is 603. The molecule has 1 N–H and O–H groups in total. The maximum Gasteiger partial charge on any atom is 0.229 e. The zero-order valence-electron chi connectivity index (χ0n) is 12.9. The molecular formula is C17H22N2O3. The third kappa shape index (κ3) is 3.65. The first-order valence-corrected chi connectivity index (χ1v) is 7.95. The molecule has 1 unspecified atom stereocenters. The molecule has 0 radical (unpaired) electrons. The molecule has 1 aromatic carbocycles. The number of nitrogens with zero attached hydrogens (tertiary/aromatic N) is 2. The lowest BCUT2D eigenvalue weighted by Crippen LogP contribution is -2.05. The van der Waals surface area contributed by atoms with E-state index >= 15 is 0 Å². The second kappa shape index (κ2) is 6.92. The Labute approximate surface area is 130 Å². The van der Waals surface area contributed by atoms with E-state index in [1.165, 1.54) is 19.3 Å². The molecule has 2 aromatic rings. The van der Waals surface area contributed by atoms with Gasteiger partial charge in [0.25, 0.3) is 0 Å². The van der Waals surface area contributed by atoms with Crippen LogP contribution in [0.1, 0.15) is 68.3 Å². The number of rotatable bonds is 5. The number of aliphatic hydroxyl groups excluding tert-OH is 1. The topological polar surface area (TPSA) is 68.4 Å². The summed E-state index contributed by atoms with van der Waals surface area (Å²) in [6, 6.07) is 7.41. The van der Waals surface area contributed by atoms with Crippen molar-refractivity contribution in [3.8, 4) is 5.75 Å². The van der Waals surface area contributed by atoms with Crippen LogP contribution < -0.4 is 4.74 Å². The van der Waals surface area contributed by atoms with Gasteiger partial charge in [-0.25, -0.2) is 0 Å². The largest absolute Gasteiger partial charge is 0.485 e. The Morgan fingerprint density at radius 1 is 1.32 bits per heavy atom. The third-order valence-electron chi connectivity index (χ3n) is 4.15. The van der Waals surface area contributed by atoms with E-state index in [2.05, 4.69) is 10.1 Å². The standard InChI is InChI=1S/C17H22N2O3/c1-12(20)14-8-5-9-15(10-14)21-11-16-18-17(22-19-16)13-6-3-2-4-7-13/h5,8-10,12-13,20H,2-4,6-7,11H2,1H3. The van der Waals surface area contributed by atoms with Crippen molar-refractivity contribution in [1.82, 2.24) is 10.1 Å². The summed E-state index contributed by atoms with van der Waals surface area (Å²) in [5.41, 5.74) is 0.827. The Balaban J connectivity index is 1.59. The molecule has 1 heterocycles. The average Bonchev–Trinajstić information content (AvgIpc) is 3.03. The zero-order valence-corrected chi connectivity index (χ0v) is 12.9. The molecule has 1 fully saturated rings. The molecule has 5 heteroatoms. The summed E-state index contributed by atoms with van der Waals surface area (Å²) in [7, 11) is 0. The van der Waals surface area contributed by atoms with Crippen molar-refractivity contribution in [2.45, 2.75) is 57.7 Å². The monoisotopic (exact) mass is 302 g/mol. The van der Waals surface area contributed by atoms with E-state index in [0.717, 1.165) is 24.3 Å². The minimum atomic E-state index is -0.508. The minimum absolute atomic E-state index is 0.277. The van der Waals surface area contributed by atoms with Crippen LogP contribution in [0.2, 0.25) is 0 Å². The number of benzene rings is 1. The van der Waals surface area contributed by atoms with Crippen molar-refractivity contribution in [3.05, 3.63) is 41.5 Å². The molecule has 0 bridgehead atoms. The second-order valence-electron chi connectivity index (χ2n) is 5.92. The highest BCUT2D eigenvalue weighted by Crippen LogP contribution is 2.31. The molecule has 0 amide bonds. The van der Waals surface area contributed by atoms with Gasteiger partial charge in [-0.05, 0) is 37.5 Å². The number of hydrogen-bond donors (Lipinski definition) is 1. The lowest BCUT2D eigenvalue weighted by atomic mass is 9.89. The Kier molecular flexibility index (Phi) is 4.73. The van der Waals surface area contributed by atoms with Crippen LogP contribution in [0.4, 0.5) is 0 Å². The van der Waals surface area contributed by atoms with Gasteiger partial charge < -0.3 is 14.4 Å². The molecule has 1 aliphatic carbocycles. The predicted molar refractivity (Wildman–Crippen MR) is 81.5 cm³/mol. The first-order chi connectivity index (χ1) is 10.7. The van der Waals surface area contributed by atoms with Crippen molar-refractivity contribution in [2.24, 2.45) is 0 Å². The van der Waals surface area contributed by atoms with Crippen LogP contribution in [0.5, 0.6) is 5.75 Å². The average molecular weight is 302 g/mol. The van der Waals surface area contributed by atoms with Gasteiger partial charge in [0, 0.05) is 5.92 Å². The van der Waals surface area contributed by atoms with Gasteiger partial charge in [0.1, 0.15) is 5.75 Å². The number of hydrogen-bond acceptors (Lipinski definition) is 5. The van der Waals surface area contributed by atoms with Crippen LogP contribution in [0, 0.1) is 0 Å². The molecule has 0 aliphatic heterocycles. The van der Waals surface area contributed by atoms with E-state index in [-0.39, 0.29) is 6.61 Å². The lowest BCUT2D eigenvalue weighted by Gasteiger charge is -2.17. The van der Waals surface area contributed by atoms with Crippen LogP contribution in [-0.4, -0.2) is 15.2 Å². The first kappa shape index (κ1) is 15.0. The maximum atomic E-state index is 9.59. The minimum Gasteiger partial charge on any atom is -0.485 e. The molecule has 118 valence electrons. The van der Waals surface area contributed by atoms with Gasteiger partial charge >= 0.3 is 0 Å². The summed E-state index contributed by atoms with van der Waals surface area (Å²) in [5, 5.41) is 13.6. The van der Waals surface area contributed by atoms with Gasteiger partial charge in [-0.15, -0.1) is 0 Å². The van der Waals surface area contributed by atoms with Crippen LogP contribution >= 0.6 is 0 Å². The summed E-state index contributed by atoms with van der Waals surface area (Å²) >= 11 is 0. The van der Waals surface area contributed by atoms with E-state index in [9.17, 15) is 5.11 Å². The molecule has 0 spiro atoms. The quantitative estimate of drug-likeness (QED) is 0.911. The molecule has 22 heavy (non-hydrogen) atoms. The highest BCUT2D eigenvalue weighted by atomic mass is 16.5. The summed E-state index contributed by atoms with van der Waals surface area (Å²) in [4.78, 5) is 4.45. The predicted octanol–water partition coefficient (Wildman–Crippen LogP) is 3.75. The lowest BCUT2D eigenvalue weighted by molar-refractivity contribution is 0.198. The normalized spacial score (nSPS) is 17.4. The third-order valence-corrected chi connectivity index (χ3v) is 4.15. The highest BCUT2D eigenvalue weighted by Gasteiger charge is 2.21. The smallest absolute Gasteiger partial charge is 0.229 e. The maximum absolute atomic E-state index is 9.59. The summed E-state index contributed by atoms with van der Waals surface area (Å²) in [6.07, 6.45) is 5.56. The van der Waals surface area contributed by atoms with Crippen molar-refractivity contribution < 1.29 is 14.4 Å². The molecule has 1 aliphatic rings. The van der Waals surface area contributed by atoms with E-state index in [1.807, 2.05) is 24.3 Å². The molecule has 1 atom stereocenters. The fourth-order valence-corrected chi connectivity index (χ4v) is 2.85. The van der Waals surface area contributed by atoms with E-state index in [0.29, 0.717) is 17.5 Å². The van der Waals surface area contributed by atoms with Gasteiger partial charge in [-0.1, -0.05) is 36.6 Å². The van der Waals surface area contributed by atoms with Gasteiger partial charge in [0.05, 0.1) is 6.10 Å². The fourth-order valence-electron chi connectivity index (χ4n) is 2.85. The molecule has 0 saturated heterocycles. The fraction of sp³-hybridized carbons (Fsp3) is 0.529. The van der Waals surface area contributed by atoms with E-state index in [4.69, 9.17) is 9.26 Å². The number of aliphatic hydroxyl groups is 1. The van der Waals surface area contributed by atoms with Crippen molar-refractivity contribution in [1.29, 1.82) is 0 Å². The SMILES string of the molecule is CC(O)c1cccc(OCc2noc(C3CCCCC3)n2)c1. The summed E-state index contributed by atoms with van der Waals surface area (Å²) in [5.74, 6) is 2.43. The second-order valence-corrected chi connectivity index (χ2v) is 5.92. The van der Waals surface area contributed by atoms with Gasteiger partial charge in [-0.2, -0.15) is 4.98 Å². The summed E-state index contributed by atoms with van der Waals surface area (Å²) < 4.78 is 11.1. The van der Waals surface area contributed by atoms with Crippen LogP contribution in [-0.2, 0) is 6.61 Å². The van der Waals surface area contributed by atoms with Gasteiger partial charge in [0.2, 0.25) is 11.7 Å². The Hall–Kier alpha value is -1.88. The molecule has 5 nitrogen and oxygen atoms in total. The highest BCUT2D eigenvalue weighted by molar-refractivity contribution is 5.29. The first-order valence-electron chi connectivity index (χ1n) is 7.95. The van der Waals surface area contributed by atoms with E-state index < -0.39 is 6.10 Å². The number of aromatic nitrogens is 2. The molecule has 3 rings (SSSR count).